The fraction of sp³-hybridized carbons (Fsp3) is 0.571. The lowest BCUT2D eigenvalue weighted by atomic mass is 10.2. The molecular weight excluding hydrogens is 230 g/mol. The summed E-state index contributed by atoms with van der Waals surface area (Å²) in [7, 11) is 3.33. The molecule has 0 aliphatic rings. The zero-order chi connectivity index (χ0) is 13.4. The van der Waals surface area contributed by atoms with Crippen molar-refractivity contribution in [2.45, 2.75) is 20.0 Å². The molecule has 1 rings (SSSR count). The largest absolute Gasteiger partial charge is 0.493 e. The third-order valence-electron chi connectivity index (χ3n) is 2.59. The predicted octanol–water partition coefficient (Wildman–Crippen LogP) is 2.01. The summed E-state index contributed by atoms with van der Waals surface area (Å²) in [6.07, 6.45) is -0.0217. The van der Waals surface area contributed by atoms with E-state index in [-0.39, 0.29) is 6.10 Å². The summed E-state index contributed by atoms with van der Waals surface area (Å²) in [4.78, 5) is 0. The van der Waals surface area contributed by atoms with E-state index in [4.69, 9.17) is 14.2 Å². The van der Waals surface area contributed by atoms with Crippen molar-refractivity contribution < 1.29 is 14.2 Å². The number of nitrogens with one attached hydrogen (secondary N) is 1. The van der Waals surface area contributed by atoms with Crippen molar-refractivity contribution >= 4 is 0 Å². The molecule has 0 saturated heterocycles. The van der Waals surface area contributed by atoms with Crippen LogP contribution in [0.3, 0.4) is 0 Å². The second-order valence-corrected chi connectivity index (χ2v) is 4.16. The molecule has 1 aromatic rings. The van der Waals surface area contributed by atoms with Crippen LogP contribution in [0.15, 0.2) is 18.2 Å². The van der Waals surface area contributed by atoms with Gasteiger partial charge in [-0.25, -0.2) is 0 Å². The van der Waals surface area contributed by atoms with Crippen LogP contribution in [0.2, 0.25) is 0 Å². The maximum absolute atomic E-state index is 5.92. The highest BCUT2D eigenvalue weighted by molar-refractivity contribution is 5.42. The van der Waals surface area contributed by atoms with Gasteiger partial charge < -0.3 is 19.5 Å². The Morgan fingerprint density at radius 1 is 1.22 bits per heavy atom. The Kier molecular flexibility index (Phi) is 6.54. The first-order chi connectivity index (χ1) is 8.71. The second kappa shape index (κ2) is 7.95. The molecular formula is C14H23NO3. The molecule has 0 aliphatic carbocycles. The maximum atomic E-state index is 5.92. The van der Waals surface area contributed by atoms with Gasteiger partial charge in [0.25, 0.3) is 0 Å². The Hall–Kier alpha value is -1.26. The number of rotatable bonds is 8. The predicted molar refractivity (Wildman–Crippen MR) is 72.6 cm³/mol. The molecule has 1 aromatic carbocycles. The molecule has 0 fully saturated rings. The van der Waals surface area contributed by atoms with Gasteiger partial charge in [-0.05, 0) is 31.2 Å². The van der Waals surface area contributed by atoms with Crippen molar-refractivity contribution in [3.63, 3.8) is 0 Å². The van der Waals surface area contributed by atoms with Crippen LogP contribution in [0, 0.1) is 6.92 Å². The fourth-order valence-electron chi connectivity index (χ4n) is 1.68. The molecule has 1 atom stereocenters. The van der Waals surface area contributed by atoms with E-state index < -0.39 is 0 Å². The van der Waals surface area contributed by atoms with Gasteiger partial charge in [-0.15, -0.1) is 0 Å². The van der Waals surface area contributed by atoms with Gasteiger partial charge in [0.05, 0.1) is 13.7 Å². The van der Waals surface area contributed by atoms with Crippen molar-refractivity contribution in [3.05, 3.63) is 23.8 Å². The molecule has 1 unspecified atom stereocenters. The molecule has 0 amide bonds. The first kappa shape index (κ1) is 14.8. The summed E-state index contributed by atoms with van der Waals surface area (Å²) in [6.45, 7) is 6.30. The third kappa shape index (κ3) is 4.55. The van der Waals surface area contributed by atoms with Crippen LogP contribution in [-0.2, 0) is 4.74 Å². The number of likely N-dealkylation sites (N-methyl/N-ethyl adjacent to an activating group) is 1. The number of methoxy groups -OCH3 is 2. The molecule has 1 N–H and O–H groups in total. The van der Waals surface area contributed by atoms with Crippen LogP contribution in [0.1, 0.15) is 12.5 Å². The fourth-order valence-corrected chi connectivity index (χ4v) is 1.68. The van der Waals surface area contributed by atoms with Gasteiger partial charge in [0.1, 0.15) is 6.10 Å². The van der Waals surface area contributed by atoms with Gasteiger partial charge in [0, 0.05) is 13.7 Å². The van der Waals surface area contributed by atoms with Crippen LogP contribution in [0.25, 0.3) is 0 Å². The standard InChI is InChI=1S/C14H23NO3/c1-5-15-9-12(10-16-3)18-13-7-6-11(2)8-14(13)17-4/h6-8,12,15H,5,9-10H2,1-4H3. The van der Waals surface area contributed by atoms with Crippen LogP contribution in [0.5, 0.6) is 11.5 Å². The monoisotopic (exact) mass is 253 g/mol. The average Bonchev–Trinajstić information content (AvgIpc) is 2.38. The minimum atomic E-state index is -0.0217. The normalized spacial score (nSPS) is 12.2. The van der Waals surface area contributed by atoms with Crippen LogP contribution in [0.4, 0.5) is 0 Å². The highest BCUT2D eigenvalue weighted by atomic mass is 16.5. The van der Waals surface area contributed by atoms with Crippen LogP contribution in [-0.4, -0.2) is 40.0 Å². The van der Waals surface area contributed by atoms with E-state index in [2.05, 4.69) is 12.2 Å². The van der Waals surface area contributed by atoms with Gasteiger partial charge in [-0.1, -0.05) is 13.0 Å². The van der Waals surface area contributed by atoms with Gasteiger partial charge in [0.2, 0.25) is 0 Å². The average molecular weight is 253 g/mol. The van der Waals surface area contributed by atoms with Gasteiger partial charge in [-0.3, -0.25) is 0 Å². The summed E-state index contributed by atoms with van der Waals surface area (Å²) in [5, 5.41) is 3.26. The highest BCUT2D eigenvalue weighted by Crippen LogP contribution is 2.28. The van der Waals surface area contributed by atoms with Gasteiger partial charge in [-0.2, -0.15) is 0 Å². The quantitative estimate of drug-likeness (QED) is 0.769. The zero-order valence-corrected chi connectivity index (χ0v) is 11.7. The molecule has 4 nitrogen and oxygen atoms in total. The van der Waals surface area contributed by atoms with Gasteiger partial charge in [0.15, 0.2) is 11.5 Å². The smallest absolute Gasteiger partial charge is 0.161 e. The molecule has 102 valence electrons. The third-order valence-corrected chi connectivity index (χ3v) is 2.59. The summed E-state index contributed by atoms with van der Waals surface area (Å²) < 4.78 is 16.4. The van der Waals surface area contributed by atoms with E-state index >= 15 is 0 Å². The zero-order valence-electron chi connectivity index (χ0n) is 11.7. The molecule has 0 spiro atoms. The first-order valence-electron chi connectivity index (χ1n) is 6.22. The summed E-state index contributed by atoms with van der Waals surface area (Å²) >= 11 is 0. The molecule has 0 saturated carbocycles. The highest BCUT2D eigenvalue weighted by Gasteiger charge is 2.13. The molecule has 0 bridgehead atoms. The summed E-state index contributed by atoms with van der Waals surface area (Å²) in [5.41, 5.74) is 1.15. The van der Waals surface area contributed by atoms with E-state index in [0.717, 1.165) is 30.2 Å². The first-order valence-corrected chi connectivity index (χ1v) is 6.22. The number of ether oxygens (including phenoxy) is 3. The lowest BCUT2D eigenvalue weighted by Crippen LogP contribution is -2.34. The van der Waals surface area contributed by atoms with Crippen molar-refractivity contribution in [3.8, 4) is 11.5 Å². The molecule has 0 radical (unpaired) electrons. The van der Waals surface area contributed by atoms with E-state index in [1.165, 1.54) is 0 Å². The molecule has 0 heterocycles. The number of hydrogen-bond acceptors (Lipinski definition) is 4. The Morgan fingerprint density at radius 3 is 2.61 bits per heavy atom. The Labute approximate surface area is 109 Å². The lowest BCUT2D eigenvalue weighted by Gasteiger charge is -2.20. The van der Waals surface area contributed by atoms with Crippen molar-refractivity contribution in [1.82, 2.24) is 5.32 Å². The number of aryl methyl sites for hydroxylation is 1. The molecule has 0 aliphatic heterocycles. The minimum Gasteiger partial charge on any atom is -0.493 e. The van der Waals surface area contributed by atoms with Crippen LogP contribution >= 0.6 is 0 Å². The van der Waals surface area contributed by atoms with E-state index in [9.17, 15) is 0 Å². The summed E-state index contributed by atoms with van der Waals surface area (Å²) in [5.74, 6) is 1.51. The number of hydrogen-bond donors (Lipinski definition) is 1. The second-order valence-electron chi connectivity index (χ2n) is 4.16. The number of benzene rings is 1. The summed E-state index contributed by atoms with van der Waals surface area (Å²) in [6, 6.07) is 5.91. The minimum absolute atomic E-state index is 0.0217. The van der Waals surface area contributed by atoms with Gasteiger partial charge >= 0.3 is 0 Å². The topological polar surface area (TPSA) is 39.7 Å². The maximum Gasteiger partial charge on any atom is 0.161 e. The Bertz CT molecular complexity index is 355. The molecule has 18 heavy (non-hydrogen) atoms. The Morgan fingerprint density at radius 2 is 2.00 bits per heavy atom. The van der Waals surface area contributed by atoms with Crippen LogP contribution < -0.4 is 14.8 Å². The van der Waals surface area contributed by atoms with Crippen molar-refractivity contribution in [1.29, 1.82) is 0 Å². The SMILES string of the molecule is CCNCC(COC)Oc1ccc(C)cc1OC. The van der Waals surface area contributed by atoms with E-state index in [0.29, 0.717) is 6.61 Å². The molecule has 0 aromatic heterocycles. The van der Waals surface area contributed by atoms with Crippen molar-refractivity contribution in [2.24, 2.45) is 0 Å². The van der Waals surface area contributed by atoms with E-state index in [1.807, 2.05) is 25.1 Å². The van der Waals surface area contributed by atoms with E-state index in [1.54, 1.807) is 14.2 Å². The molecule has 4 heteroatoms. The Balaban J connectivity index is 2.72. The van der Waals surface area contributed by atoms with Crippen molar-refractivity contribution in [2.75, 3.05) is 33.9 Å². The lowest BCUT2D eigenvalue weighted by molar-refractivity contribution is 0.0789.